The molecule has 0 spiro atoms. The van der Waals surface area contributed by atoms with Gasteiger partial charge >= 0.3 is 0 Å². The van der Waals surface area contributed by atoms with Gasteiger partial charge in [0.15, 0.2) is 0 Å². The van der Waals surface area contributed by atoms with Crippen LogP contribution in [0, 0.1) is 13.8 Å². The van der Waals surface area contributed by atoms with E-state index in [1.54, 1.807) is 0 Å². The molecule has 0 bridgehead atoms. The molecule has 2 heterocycles. The molecule has 146 valence electrons. The molecule has 5 heteroatoms. The van der Waals surface area contributed by atoms with Gasteiger partial charge in [0.1, 0.15) is 5.75 Å². The summed E-state index contributed by atoms with van der Waals surface area (Å²) in [6.07, 6.45) is 0.513. The second-order valence-corrected chi connectivity index (χ2v) is 8.54. The van der Waals surface area contributed by atoms with Crippen LogP contribution in [0.5, 0.6) is 5.75 Å². The van der Waals surface area contributed by atoms with E-state index in [1.807, 2.05) is 42.5 Å². The maximum absolute atomic E-state index is 6.45. The monoisotopic (exact) mass is 422 g/mol. The first kappa shape index (κ1) is 18.5. The van der Waals surface area contributed by atoms with E-state index in [1.165, 1.54) is 11.1 Å². The molecular weight excluding hydrogens is 403 g/mol. The van der Waals surface area contributed by atoms with Crippen molar-refractivity contribution < 1.29 is 4.74 Å². The van der Waals surface area contributed by atoms with Crippen LogP contribution >= 0.6 is 23.2 Å². The zero-order valence-corrected chi connectivity index (χ0v) is 17.7. The fourth-order valence-electron chi connectivity index (χ4n) is 4.18. The zero-order valence-electron chi connectivity index (χ0n) is 16.2. The highest BCUT2D eigenvalue weighted by molar-refractivity contribution is 6.31. The average molecular weight is 423 g/mol. The Balaban J connectivity index is 1.62. The molecule has 3 aromatic rings. The smallest absolute Gasteiger partial charge is 0.214 e. The summed E-state index contributed by atoms with van der Waals surface area (Å²) in [6.45, 7) is 4.23. The standard InChI is InChI=1S/C24H20Cl2N2O/c1-14-3-9-19(15(2)11-14)24-28-22(20-12-18(26)8-10-23(20)29-24)13-21(27-28)16-4-6-17(25)7-5-16/h3-12,22,24H,13H2,1-2H3/t22-,24+/m0/s1. The molecule has 0 N–H and O–H groups in total. The van der Waals surface area contributed by atoms with Crippen molar-refractivity contribution in [3.8, 4) is 5.75 Å². The number of hydrogen-bond acceptors (Lipinski definition) is 3. The molecule has 0 saturated carbocycles. The number of hydrazone groups is 1. The van der Waals surface area contributed by atoms with Gasteiger partial charge in [-0.25, -0.2) is 5.01 Å². The van der Waals surface area contributed by atoms with Crippen molar-refractivity contribution in [1.82, 2.24) is 5.01 Å². The quantitative estimate of drug-likeness (QED) is 0.450. The fraction of sp³-hybridized carbons (Fsp3) is 0.208. The third kappa shape index (κ3) is 3.29. The number of nitrogens with zero attached hydrogens (tertiary/aromatic N) is 2. The predicted molar refractivity (Wildman–Crippen MR) is 118 cm³/mol. The third-order valence-electron chi connectivity index (χ3n) is 5.62. The molecule has 0 unspecified atom stereocenters. The molecule has 0 aliphatic carbocycles. The van der Waals surface area contributed by atoms with Gasteiger partial charge in [-0.3, -0.25) is 0 Å². The summed E-state index contributed by atoms with van der Waals surface area (Å²) in [4.78, 5) is 0. The second-order valence-electron chi connectivity index (χ2n) is 7.67. The van der Waals surface area contributed by atoms with E-state index in [2.05, 4.69) is 37.1 Å². The number of benzene rings is 3. The summed E-state index contributed by atoms with van der Waals surface area (Å²) in [5, 5.41) is 8.51. The SMILES string of the molecule is Cc1ccc([C@H]2Oc3ccc(Cl)cc3[C@@H]3CC(c4ccc(Cl)cc4)=NN23)c(C)c1. The Bertz CT molecular complexity index is 1120. The van der Waals surface area contributed by atoms with Crippen LogP contribution in [-0.4, -0.2) is 10.7 Å². The lowest BCUT2D eigenvalue weighted by Gasteiger charge is -2.38. The number of aryl methyl sites for hydroxylation is 2. The maximum Gasteiger partial charge on any atom is 0.214 e. The van der Waals surface area contributed by atoms with Crippen LogP contribution in [-0.2, 0) is 0 Å². The van der Waals surface area contributed by atoms with Gasteiger partial charge in [0.25, 0.3) is 0 Å². The highest BCUT2D eigenvalue weighted by atomic mass is 35.5. The molecule has 0 aromatic heterocycles. The Morgan fingerprint density at radius 2 is 1.66 bits per heavy atom. The van der Waals surface area contributed by atoms with E-state index in [4.69, 9.17) is 33.0 Å². The van der Waals surface area contributed by atoms with Gasteiger partial charge in [0.2, 0.25) is 6.23 Å². The van der Waals surface area contributed by atoms with Crippen LogP contribution in [0.3, 0.4) is 0 Å². The molecule has 5 rings (SSSR count). The van der Waals surface area contributed by atoms with Gasteiger partial charge in [-0.2, -0.15) is 5.10 Å². The van der Waals surface area contributed by atoms with Gasteiger partial charge < -0.3 is 4.74 Å². The van der Waals surface area contributed by atoms with Crippen molar-refractivity contribution in [3.05, 3.63) is 98.5 Å². The van der Waals surface area contributed by atoms with Crippen molar-refractivity contribution in [1.29, 1.82) is 0 Å². The van der Waals surface area contributed by atoms with Crippen molar-refractivity contribution >= 4 is 28.9 Å². The van der Waals surface area contributed by atoms with Gasteiger partial charge in [0.05, 0.1) is 11.8 Å². The minimum absolute atomic E-state index is 0.0776. The lowest BCUT2D eigenvalue weighted by atomic mass is 9.95. The Labute approximate surface area is 180 Å². The number of fused-ring (bicyclic) bond motifs is 3. The minimum Gasteiger partial charge on any atom is -0.464 e. The second kappa shape index (κ2) is 7.08. The highest BCUT2D eigenvalue weighted by Crippen LogP contribution is 2.48. The van der Waals surface area contributed by atoms with Crippen molar-refractivity contribution in [2.24, 2.45) is 5.10 Å². The minimum atomic E-state index is -0.279. The Morgan fingerprint density at radius 3 is 2.41 bits per heavy atom. The molecule has 0 saturated heterocycles. The van der Waals surface area contributed by atoms with Crippen LogP contribution in [0.1, 0.15) is 46.5 Å². The number of hydrogen-bond donors (Lipinski definition) is 0. The molecule has 2 aliphatic heterocycles. The Kier molecular flexibility index (Phi) is 4.53. The summed E-state index contributed by atoms with van der Waals surface area (Å²) >= 11 is 12.4. The molecule has 0 fully saturated rings. The van der Waals surface area contributed by atoms with E-state index in [0.717, 1.165) is 39.6 Å². The van der Waals surface area contributed by atoms with Crippen LogP contribution < -0.4 is 4.74 Å². The molecule has 0 amide bonds. The Hall–Kier alpha value is -2.49. The molecular formula is C24H20Cl2N2O. The molecule has 3 nitrogen and oxygen atoms in total. The maximum atomic E-state index is 6.45. The largest absolute Gasteiger partial charge is 0.464 e. The van der Waals surface area contributed by atoms with E-state index in [-0.39, 0.29) is 12.3 Å². The zero-order chi connectivity index (χ0) is 20.1. The third-order valence-corrected chi connectivity index (χ3v) is 6.11. The lowest BCUT2D eigenvalue weighted by molar-refractivity contribution is -0.0194. The molecule has 2 aliphatic rings. The summed E-state index contributed by atoms with van der Waals surface area (Å²) in [6, 6.07) is 20.2. The van der Waals surface area contributed by atoms with Crippen molar-refractivity contribution in [3.63, 3.8) is 0 Å². The average Bonchev–Trinajstić information content (AvgIpc) is 3.14. The van der Waals surface area contributed by atoms with Gasteiger partial charge in [-0.15, -0.1) is 0 Å². The van der Waals surface area contributed by atoms with E-state index < -0.39 is 0 Å². The molecule has 3 aromatic carbocycles. The molecule has 0 radical (unpaired) electrons. The van der Waals surface area contributed by atoms with Gasteiger partial charge in [0, 0.05) is 27.6 Å². The van der Waals surface area contributed by atoms with E-state index >= 15 is 0 Å². The topological polar surface area (TPSA) is 24.8 Å². The number of ether oxygens (including phenoxy) is 1. The van der Waals surface area contributed by atoms with Crippen molar-refractivity contribution in [2.45, 2.75) is 32.5 Å². The first-order valence-corrected chi connectivity index (χ1v) is 10.4. The lowest BCUT2D eigenvalue weighted by Crippen LogP contribution is -2.34. The van der Waals surface area contributed by atoms with Gasteiger partial charge in [-0.05, 0) is 55.3 Å². The first-order chi connectivity index (χ1) is 14.0. The van der Waals surface area contributed by atoms with Crippen LogP contribution in [0.15, 0.2) is 65.8 Å². The summed E-state index contributed by atoms with van der Waals surface area (Å²) < 4.78 is 6.45. The highest BCUT2D eigenvalue weighted by Gasteiger charge is 2.41. The van der Waals surface area contributed by atoms with E-state index in [0.29, 0.717) is 5.02 Å². The first-order valence-electron chi connectivity index (χ1n) is 9.64. The number of rotatable bonds is 2. The summed E-state index contributed by atoms with van der Waals surface area (Å²) in [5.41, 5.74) is 6.73. The van der Waals surface area contributed by atoms with Crippen LogP contribution in [0.25, 0.3) is 0 Å². The Morgan fingerprint density at radius 1 is 0.897 bits per heavy atom. The van der Waals surface area contributed by atoms with Crippen LogP contribution in [0.4, 0.5) is 0 Å². The summed E-state index contributed by atoms with van der Waals surface area (Å²) in [5.74, 6) is 0.869. The fourth-order valence-corrected chi connectivity index (χ4v) is 4.49. The molecule has 2 atom stereocenters. The molecule has 29 heavy (non-hydrogen) atoms. The normalized spacial score (nSPS) is 20.0. The predicted octanol–water partition coefficient (Wildman–Crippen LogP) is 6.85. The van der Waals surface area contributed by atoms with Crippen LogP contribution in [0.2, 0.25) is 10.0 Å². The summed E-state index contributed by atoms with van der Waals surface area (Å²) in [7, 11) is 0. The van der Waals surface area contributed by atoms with Crippen molar-refractivity contribution in [2.75, 3.05) is 0 Å². The van der Waals surface area contributed by atoms with Gasteiger partial charge in [-0.1, -0.05) is 59.1 Å². The van der Waals surface area contributed by atoms with E-state index in [9.17, 15) is 0 Å². The number of halogens is 2.